The Hall–Kier alpha value is -3.15. The third kappa shape index (κ3) is 4.39. The summed E-state index contributed by atoms with van der Waals surface area (Å²) in [5, 5.41) is -0.266. The highest BCUT2D eigenvalue weighted by molar-refractivity contribution is 7.92. The lowest BCUT2D eigenvalue weighted by Gasteiger charge is -2.19. The minimum atomic E-state index is -3.86. The third-order valence-corrected chi connectivity index (χ3v) is 8.72. The molecule has 0 saturated heterocycles. The fourth-order valence-corrected chi connectivity index (χ4v) is 5.80. The van der Waals surface area contributed by atoms with Crippen LogP contribution >= 0.6 is 0 Å². The molecule has 3 aromatic rings. The second kappa shape index (κ2) is 8.65. The van der Waals surface area contributed by atoms with Crippen molar-refractivity contribution >= 4 is 31.7 Å². The van der Waals surface area contributed by atoms with E-state index in [9.17, 15) is 21.6 Å². The number of nitrogens with zero attached hydrogens (tertiary/aromatic N) is 2. The van der Waals surface area contributed by atoms with Crippen molar-refractivity contribution in [3.63, 3.8) is 0 Å². The largest absolute Gasteiger partial charge is 0.454 e. The summed E-state index contributed by atoms with van der Waals surface area (Å²) >= 11 is 0. The number of anilines is 1. The number of carbonyl (C=O) groups is 1. The molecule has 0 N–H and O–H groups in total. The smallest absolute Gasteiger partial charge is 0.338 e. The highest BCUT2D eigenvalue weighted by Gasteiger charge is 2.31. The fourth-order valence-electron chi connectivity index (χ4n) is 3.44. The van der Waals surface area contributed by atoms with E-state index in [0.717, 1.165) is 9.87 Å². The molecule has 9 nitrogen and oxygen atoms in total. The molecular weight excluding hydrogens is 468 g/mol. The molecule has 1 aliphatic heterocycles. The SMILES string of the molecule is CN(C)S(=O)(=O)c1ccc(COC(=O)c2cccc(S(=O)(=O)N3CCc4ccccc43)c2)o1. The van der Waals surface area contributed by atoms with Crippen LogP contribution in [0.25, 0.3) is 0 Å². The summed E-state index contributed by atoms with van der Waals surface area (Å²) in [4.78, 5) is 12.5. The number of para-hydroxylation sites is 1. The van der Waals surface area contributed by atoms with Crippen LogP contribution in [-0.2, 0) is 37.8 Å². The molecule has 0 amide bonds. The molecule has 0 aliphatic carbocycles. The summed E-state index contributed by atoms with van der Waals surface area (Å²) in [6.07, 6.45) is 0.617. The van der Waals surface area contributed by atoms with Crippen molar-refractivity contribution in [3.05, 3.63) is 77.6 Å². The van der Waals surface area contributed by atoms with E-state index in [0.29, 0.717) is 18.7 Å². The Morgan fingerprint density at radius 3 is 2.55 bits per heavy atom. The van der Waals surface area contributed by atoms with E-state index in [4.69, 9.17) is 9.15 Å². The van der Waals surface area contributed by atoms with Gasteiger partial charge in [-0.3, -0.25) is 4.31 Å². The first-order valence-corrected chi connectivity index (χ1v) is 12.9. The molecule has 2 aromatic carbocycles. The number of fused-ring (bicyclic) bond motifs is 1. The number of ether oxygens (including phenoxy) is 1. The molecule has 0 radical (unpaired) electrons. The van der Waals surface area contributed by atoms with E-state index in [-0.39, 0.29) is 27.9 Å². The molecule has 1 aliphatic rings. The van der Waals surface area contributed by atoms with Gasteiger partial charge < -0.3 is 9.15 Å². The van der Waals surface area contributed by atoms with Gasteiger partial charge in [-0.1, -0.05) is 24.3 Å². The van der Waals surface area contributed by atoms with E-state index in [1.54, 1.807) is 12.1 Å². The summed E-state index contributed by atoms with van der Waals surface area (Å²) < 4.78 is 63.4. The van der Waals surface area contributed by atoms with Crippen LogP contribution in [0.4, 0.5) is 5.69 Å². The summed E-state index contributed by atoms with van der Waals surface area (Å²) in [7, 11) is -4.86. The van der Waals surface area contributed by atoms with Crippen molar-refractivity contribution in [1.29, 1.82) is 0 Å². The van der Waals surface area contributed by atoms with Gasteiger partial charge >= 0.3 is 5.97 Å². The molecule has 0 bridgehead atoms. The molecule has 0 spiro atoms. The van der Waals surface area contributed by atoms with Crippen LogP contribution in [0.1, 0.15) is 21.7 Å². The Labute approximate surface area is 192 Å². The first-order valence-electron chi connectivity index (χ1n) is 10.00. The number of furan rings is 1. The van der Waals surface area contributed by atoms with Crippen LogP contribution in [0, 0.1) is 0 Å². The minimum Gasteiger partial charge on any atom is -0.454 e. The second-order valence-corrected chi connectivity index (χ2v) is 11.5. The summed E-state index contributed by atoms with van der Waals surface area (Å²) in [6, 6.07) is 15.6. The van der Waals surface area contributed by atoms with Gasteiger partial charge in [0.25, 0.3) is 20.0 Å². The number of esters is 1. The summed E-state index contributed by atoms with van der Waals surface area (Å²) in [5.74, 6) is -0.622. The predicted octanol–water partition coefficient (Wildman–Crippen LogP) is 2.64. The number of sulfonamides is 2. The van der Waals surface area contributed by atoms with Crippen LogP contribution in [0.2, 0.25) is 0 Å². The van der Waals surface area contributed by atoms with Crippen molar-refractivity contribution in [1.82, 2.24) is 4.31 Å². The molecule has 0 unspecified atom stereocenters. The van der Waals surface area contributed by atoms with E-state index < -0.39 is 26.0 Å². The first kappa shape index (κ1) is 23.0. The topological polar surface area (TPSA) is 114 Å². The average molecular weight is 491 g/mol. The quantitative estimate of drug-likeness (QED) is 0.468. The van der Waals surface area contributed by atoms with Crippen LogP contribution < -0.4 is 4.31 Å². The Bertz CT molecular complexity index is 1410. The van der Waals surface area contributed by atoms with E-state index in [1.165, 1.54) is 54.8 Å². The Morgan fingerprint density at radius 2 is 1.79 bits per heavy atom. The summed E-state index contributed by atoms with van der Waals surface area (Å²) in [5.41, 5.74) is 1.63. The predicted molar refractivity (Wildman–Crippen MR) is 120 cm³/mol. The number of rotatable bonds is 7. The number of carbonyl (C=O) groups excluding carboxylic acids is 1. The van der Waals surface area contributed by atoms with E-state index >= 15 is 0 Å². The molecule has 0 atom stereocenters. The lowest BCUT2D eigenvalue weighted by atomic mass is 10.2. The second-order valence-electron chi connectivity index (χ2n) is 7.57. The zero-order valence-corrected chi connectivity index (χ0v) is 19.6. The number of benzene rings is 2. The molecule has 2 heterocycles. The normalized spacial score (nSPS) is 13.8. The summed E-state index contributed by atoms with van der Waals surface area (Å²) in [6.45, 7) is 0.0191. The molecule has 11 heteroatoms. The van der Waals surface area contributed by atoms with Gasteiger partial charge in [0.2, 0.25) is 5.09 Å². The van der Waals surface area contributed by atoms with Crippen LogP contribution in [-0.4, -0.2) is 47.8 Å². The van der Waals surface area contributed by atoms with Gasteiger partial charge in [0.1, 0.15) is 12.4 Å². The third-order valence-electron chi connectivity index (χ3n) is 5.22. The van der Waals surface area contributed by atoms with Crippen molar-refractivity contribution in [2.24, 2.45) is 0 Å². The van der Waals surface area contributed by atoms with Crippen molar-refractivity contribution < 1.29 is 30.8 Å². The molecule has 0 saturated carbocycles. The Balaban J connectivity index is 1.49. The van der Waals surface area contributed by atoms with Gasteiger partial charge in [-0.15, -0.1) is 0 Å². The van der Waals surface area contributed by atoms with Crippen molar-refractivity contribution in [2.75, 3.05) is 24.9 Å². The Morgan fingerprint density at radius 1 is 1.03 bits per heavy atom. The zero-order valence-electron chi connectivity index (χ0n) is 18.0. The van der Waals surface area contributed by atoms with Crippen molar-refractivity contribution in [3.8, 4) is 0 Å². The van der Waals surface area contributed by atoms with Crippen molar-refractivity contribution in [2.45, 2.75) is 23.0 Å². The number of hydrogen-bond acceptors (Lipinski definition) is 7. The number of hydrogen-bond donors (Lipinski definition) is 0. The standard InChI is InChI=1S/C22H22N2O7S2/c1-23(2)33(28,29)21-11-10-18(31-21)15-30-22(25)17-7-5-8-19(14-17)32(26,27)24-13-12-16-6-3-4-9-20(16)24/h3-11,14H,12-13,15H2,1-2H3. The van der Waals surface area contributed by atoms with Crippen LogP contribution in [0.15, 0.2) is 75.1 Å². The van der Waals surface area contributed by atoms with Gasteiger partial charge in [-0.2, -0.15) is 0 Å². The molecule has 0 fully saturated rings. The zero-order chi connectivity index (χ0) is 23.8. The lowest BCUT2D eigenvalue weighted by Crippen LogP contribution is -2.29. The van der Waals surface area contributed by atoms with Crippen LogP contribution in [0.3, 0.4) is 0 Å². The monoisotopic (exact) mass is 490 g/mol. The van der Waals surface area contributed by atoms with Crippen LogP contribution in [0.5, 0.6) is 0 Å². The van der Waals surface area contributed by atoms with Gasteiger partial charge in [-0.05, 0) is 48.4 Å². The van der Waals surface area contributed by atoms with E-state index in [1.807, 2.05) is 12.1 Å². The Kier molecular flexibility index (Phi) is 6.04. The van der Waals surface area contributed by atoms with E-state index in [2.05, 4.69) is 0 Å². The lowest BCUT2D eigenvalue weighted by molar-refractivity contribution is 0.0440. The minimum absolute atomic E-state index is 0.0222. The maximum Gasteiger partial charge on any atom is 0.338 e. The highest BCUT2D eigenvalue weighted by atomic mass is 32.2. The first-order chi connectivity index (χ1) is 15.6. The average Bonchev–Trinajstić information content (AvgIpc) is 3.45. The molecule has 174 valence electrons. The highest BCUT2D eigenvalue weighted by Crippen LogP contribution is 2.32. The molecule has 1 aromatic heterocycles. The molecular formula is C22H22N2O7S2. The van der Waals surface area contributed by atoms with Gasteiger partial charge in [0, 0.05) is 20.6 Å². The molecule has 33 heavy (non-hydrogen) atoms. The maximum atomic E-state index is 13.2. The van der Waals surface area contributed by atoms with Gasteiger partial charge in [0.15, 0.2) is 0 Å². The maximum absolute atomic E-state index is 13.2. The van der Waals surface area contributed by atoms with Gasteiger partial charge in [0.05, 0.1) is 16.1 Å². The molecule has 4 rings (SSSR count). The van der Waals surface area contributed by atoms with Gasteiger partial charge in [-0.25, -0.2) is 25.9 Å². The fraction of sp³-hybridized carbons (Fsp3) is 0.227.